The molecule has 0 radical (unpaired) electrons. The van der Waals surface area contributed by atoms with Crippen molar-refractivity contribution < 1.29 is 14.3 Å². The first kappa shape index (κ1) is 12.9. The number of aromatic nitrogens is 4. The van der Waals surface area contributed by atoms with Crippen molar-refractivity contribution in [2.24, 2.45) is 7.05 Å². The van der Waals surface area contributed by atoms with Crippen molar-refractivity contribution >= 4 is 24.5 Å². The van der Waals surface area contributed by atoms with Crippen LogP contribution in [-0.4, -0.2) is 29.6 Å². The van der Waals surface area contributed by atoms with Gasteiger partial charge in [0.15, 0.2) is 5.25 Å². The van der Waals surface area contributed by atoms with Crippen molar-refractivity contribution in [3.63, 3.8) is 0 Å². The van der Waals surface area contributed by atoms with E-state index in [9.17, 15) is 20.2 Å². The molecule has 11 nitrogen and oxygen atoms in total. The van der Waals surface area contributed by atoms with Gasteiger partial charge in [-0.3, -0.25) is 0 Å². The molecule has 0 aliphatic rings. The first-order valence-electron chi connectivity index (χ1n) is 4.73. The van der Waals surface area contributed by atoms with Crippen LogP contribution in [0, 0.1) is 20.2 Å². The van der Waals surface area contributed by atoms with Gasteiger partial charge in [0.1, 0.15) is 11.3 Å². The van der Waals surface area contributed by atoms with Crippen LogP contribution in [0.2, 0.25) is 0 Å². The van der Waals surface area contributed by atoms with Gasteiger partial charge in [-0.25, -0.2) is 9.55 Å². The number of nitro groups is 2. The van der Waals surface area contributed by atoms with Crippen molar-refractivity contribution in [2.45, 2.75) is 5.25 Å². The summed E-state index contributed by atoms with van der Waals surface area (Å²) in [5.74, 6) is -0.254. The maximum absolute atomic E-state index is 10.7. The zero-order valence-electron chi connectivity index (χ0n) is 9.33. The molecule has 100 valence electrons. The third-order valence-corrected chi connectivity index (χ3v) is 2.70. The molecule has 19 heavy (non-hydrogen) atoms. The largest absolute Gasteiger partial charge is 0.571 e. The van der Waals surface area contributed by atoms with Gasteiger partial charge in [0.05, 0.1) is 7.05 Å². The number of rotatable bonds is 4. The molecule has 1 unspecified atom stereocenters. The van der Waals surface area contributed by atoms with Crippen molar-refractivity contribution in [1.82, 2.24) is 19.7 Å². The number of hydrogen-bond donors (Lipinski definition) is 1. The summed E-state index contributed by atoms with van der Waals surface area (Å²) < 4.78 is 5.94. The Morgan fingerprint density at radius 1 is 1.37 bits per heavy atom. The second-order valence-electron chi connectivity index (χ2n) is 3.37. The van der Waals surface area contributed by atoms with Crippen molar-refractivity contribution in [1.29, 1.82) is 0 Å². The summed E-state index contributed by atoms with van der Waals surface area (Å²) in [6, 6.07) is -0.780. The van der Waals surface area contributed by atoms with Gasteiger partial charge in [0.25, 0.3) is 5.89 Å². The second kappa shape index (κ2) is 4.64. The summed E-state index contributed by atoms with van der Waals surface area (Å²) in [5, 5.41) is 26.8. The summed E-state index contributed by atoms with van der Waals surface area (Å²) in [4.78, 5) is 23.4. The molecule has 0 aliphatic carbocycles. The van der Waals surface area contributed by atoms with Gasteiger partial charge < -0.3 is 24.6 Å². The Kier molecular flexibility index (Phi) is 3.16. The maximum atomic E-state index is 10.7. The fourth-order valence-electron chi connectivity index (χ4n) is 1.36. The fraction of sp³-hybridized carbons (Fsp3) is 0.286. The molecule has 0 N–H and O–H groups in total. The van der Waals surface area contributed by atoms with Crippen LogP contribution in [0.5, 0.6) is 0 Å². The van der Waals surface area contributed by atoms with Gasteiger partial charge in [0.2, 0.25) is 5.82 Å². The first-order valence-corrected chi connectivity index (χ1v) is 5.25. The van der Waals surface area contributed by atoms with E-state index in [0.717, 1.165) is 6.20 Å². The van der Waals surface area contributed by atoms with E-state index >= 15 is 0 Å². The lowest BCUT2D eigenvalue weighted by molar-refractivity contribution is -0.407. The van der Waals surface area contributed by atoms with E-state index in [4.69, 9.17) is 4.42 Å². The normalized spacial score (nSPS) is 12.3. The molecule has 0 spiro atoms. The highest BCUT2D eigenvalue weighted by atomic mass is 32.1. The van der Waals surface area contributed by atoms with Gasteiger partial charge in [0, 0.05) is 10.0 Å². The summed E-state index contributed by atoms with van der Waals surface area (Å²) in [5.41, 5.74) is 0. The third kappa shape index (κ3) is 2.24. The van der Waals surface area contributed by atoms with Crippen LogP contribution in [0.3, 0.4) is 0 Å². The zero-order valence-corrected chi connectivity index (χ0v) is 10.2. The number of imidazole rings is 1. The minimum absolute atomic E-state index is 0.161. The maximum Gasteiger partial charge on any atom is 0.571 e. The van der Waals surface area contributed by atoms with Crippen molar-refractivity contribution in [2.75, 3.05) is 0 Å². The molecule has 2 aromatic rings. The Bertz CT molecular complexity index is 650. The van der Waals surface area contributed by atoms with Gasteiger partial charge >= 0.3 is 11.8 Å². The fourth-order valence-corrected chi connectivity index (χ4v) is 1.70. The summed E-state index contributed by atoms with van der Waals surface area (Å²) in [7, 11) is 1.41. The van der Waals surface area contributed by atoms with E-state index in [1.54, 1.807) is 0 Å². The van der Waals surface area contributed by atoms with Crippen LogP contribution in [0.4, 0.5) is 11.8 Å². The van der Waals surface area contributed by atoms with Gasteiger partial charge in [-0.2, -0.15) is 12.6 Å². The lowest BCUT2D eigenvalue weighted by Gasteiger charge is -2.01. The molecule has 0 amide bonds. The van der Waals surface area contributed by atoms with Crippen LogP contribution in [0.15, 0.2) is 10.6 Å². The smallest absolute Gasteiger partial charge is 0.364 e. The van der Waals surface area contributed by atoms with Crippen LogP contribution in [-0.2, 0) is 7.05 Å². The van der Waals surface area contributed by atoms with E-state index in [2.05, 4.69) is 27.8 Å². The Morgan fingerprint density at radius 2 is 2.05 bits per heavy atom. The highest BCUT2D eigenvalue weighted by molar-refractivity contribution is 7.80. The summed E-state index contributed by atoms with van der Waals surface area (Å²) in [6.45, 7) is 0. The average Bonchev–Trinajstić information content (AvgIpc) is 2.94. The molecular formula is C7H6N6O5S. The lowest BCUT2D eigenvalue weighted by atomic mass is 10.4. The number of thiol groups is 1. The molecule has 2 heterocycles. The SMILES string of the molecule is Cn1c([N+](=O)[O-])cnc1C(S)c1nnc([N+](=O)[O-])o1. The Hall–Kier alpha value is -2.50. The van der Waals surface area contributed by atoms with Gasteiger partial charge in [-0.15, -0.1) is 0 Å². The second-order valence-corrected chi connectivity index (χ2v) is 3.89. The minimum Gasteiger partial charge on any atom is -0.364 e. The molecule has 0 saturated carbocycles. The van der Waals surface area contributed by atoms with Crippen LogP contribution < -0.4 is 0 Å². The zero-order chi connectivity index (χ0) is 14.2. The number of nitrogens with zero attached hydrogens (tertiary/aromatic N) is 6. The molecule has 0 fully saturated rings. The van der Waals surface area contributed by atoms with E-state index in [0.29, 0.717) is 0 Å². The van der Waals surface area contributed by atoms with Crippen LogP contribution in [0.1, 0.15) is 17.0 Å². The number of hydrogen-bond acceptors (Lipinski definition) is 9. The van der Waals surface area contributed by atoms with Crippen LogP contribution in [0.25, 0.3) is 0 Å². The molecule has 2 aromatic heterocycles. The molecule has 0 bridgehead atoms. The predicted octanol–water partition coefficient (Wildman–Crippen LogP) is 0.639. The average molecular weight is 286 g/mol. The van der Waals surface area contributed by atoms with Crippen LogP contribution >= 0.6 is 12.6 Å². The Balaban J connectivity index is 2.35. The van der Waals surface area contributed by atoms with Gasteiger partial charge in [-0.1, -0.05) is 0 Å². The highest BCUT2D eigenvalue weighted by Crippen LogP contribution is 2.29. The van der Waals surface area contributed by atoms with E-state index in [1.165, 1.54) is 11.6 Å². The summed E-state index contributed by atoms with van der Waals surface area (Å²) in [6.07, 6.45) is 1.04. The van der Waals surface area contributed by atoms with E-state index < -0.39 is 21.1 Å². The van der Waals surface area contributed by atoms with Crippen molar-refractivity contribution in [3.8, 4) is 0 Å². The Morgan fingerprint density at radius 3 is 2.53 bits per heavy atom. The lowest BCUT2D eigenvalue weighted by Crippen LogP contribution is -2.05. The molecule has 0 saturated heterocycles. The standard InChI is InChI=1S/C7H6N6O5S/c1-11-3(12(14)15)2-8-5(11)4(19)6-9-10-7(18-6)13(16)17/h2,4,19H,1H3. The van der Waals surface area contributed by atoms with E-state index in [-0.39, 0.29) is 17.5 Å². The predicted molar refractivity (Wildman–Crippen MR) is 61.6 cm³/mol. The molecule has 12 heteroatoms. The quantitative estimate of drug-likeness (QED) is 0.489. The minimum atomic E-state index is -0.903. The molecule has 0 aliphatic heterocycles. The summed E-state index contributed by atoms with van der Waals surface area (Å²) >= 11 is 4.12. The third-order valence-electron chi connectivity index (χ3n) is 2.25. The first-order chi connectivity index (χ1) is 8.91. The highest BCUT2D eigenvalue weighted by Gasteiger charge is 2.30. The van der Waals surface area contributed by atoms with E-state index in [1.807, 2.05) is 0 Å². The molecular weight excluding hydrogens is 280 g/mol. The van der Waals surface area contributed by atoms with Crippen molar-refractivity contribution in [3.05, 3.63) is 38.1 Å². The monoisotopic (exact) mass is 286 g/mol. The molecule has 1 atom stereocenters. The van der Waals surface area contributed by atoms with Gasteiger partial charge in [-0.05, 0) is 4.92 Å². The topological polar surface area (TPSA) is 143 Å². The molecule has 2 rings (SSSR count). The molecule has 0 aromatic carbocycles. The Labute approximate surface area is 110 Å².